The average molecular weight is 414 g/mol. The second kappa shape index (κ2) is 7.30. The second-order valence-corrected chi connectivity index (χ2v) is 5.38. The number of aromatic nitrogens is 1. The molecule has 22 heavy (non-hydrogen) atoms. The Morgan fingerprint density at radius 2 is 1.73 bits per heavy atom. The van der Waals surface area contributed by atoms with E-state index in [0.717, 1.165) is 3.57 Å². The van der Waals surface area contributed by atoms with E-state index in [1.807, 2.05) is 0 Å². The third-order valence-electron chi connectivity index (χ3n) is 2.97. The van der Waals surface area contributed by atoms with Crippen molar-refractivity contribution in [3.05, 3.63) is 39.7 Å². The first-order valence-corrected chi connectivity index (χ1v) is 7.39. The Hall–Kier alpha value is -2.03. The molecule has 0 saturated heterocycles. The average Bonchev–Trinajstić information content (AvgIpc) is 2.54. The molecule has 1 N–H and O–H groups in total. The first kappa shape index (κ1) is 16.3. The number of rotatable bonds is 5. The predicted octanol–water partition coefficient (Wildman–Crippen LogP) is 2.96. The van der Waals surface area contributed by atoms with E-state index in [2.05, 4.69) is 32.9 Å². The number of carbonyl (C=O) groups is 1. The van der Waals surface area contributed by atoms with Crippen molar-refractivity contribution in [2.75, 3.05) is 26.6 Å². The number of nitrogens with one attached hydrogen (secondary N) is 1. The number of carbonyl (C=O) groups excluding carboxylic acids is 1. The molecule has 0 fully saturated rings. The first-order chi connectivity index (χ1) is 10.6. The fraction of sp³-hybridized carbons (Fsp3) is 0.200. The summed E-state index contributed by atoms with van der Waals surface area (Å²) in [6.07, 6.45) is 3.12. The van der Waals surface area contributed by atoms with Crippen LogP contribution in [0.15, 0.2) is 30.6 Å². The van der Waals surface area contributed by atoms with Crippen LogP contribution >= 0.6 is 22.6 Å². The first-order valence-electron chi connectivity index (χ1n) is 6.31. The number of halogens is 1. The van der Waals surface area contributed by atoms with Gasteiger partial charge in [0.2, 0.25) is 0 Å². The molecule has 0 spiro atoms. The number of hydrogen-bond acceptors (Lipinski definition) is 5. The van der Waals surface area contributed by atoms with Crippen LogP contribution in [-0.2, 0) is 0 Å². The molecule has 2 aromatic rings. The highest BCUT2D eigenvalue weighted by molar-refractivity contribution is 14.1. The van der Waals surface area contributed by atoms with Gasteiger partial charge in [-0.3, -0.25) is 9.78 Å². The van der Waals surface area contributed by atoms with Crippen molar-refractivity contribution in [1.82, 2.24) is 4.98 Å². The number of nitrogens with zero attached hydrogens (tertiary/aromatic N) is 1. The van der Waals surface area contributed by atoms with Crippen molar-refractivity contribution >= 4 is 34.2 Å². The van der Waals surface area contributed by atoms with E-state index < -0.39 is 0 Å². The van der Waals surface area contributed by atoms with Crippen molar-refractivity contribution < 1.29 is 19.0 Å². The van der Waals surface area contributed by atoms with Gasteiger partial charge in [0.05, 0.1) is 33.1 Å². The van der Waals surface area contributed by atoms with Crippen molar-refractivity contribution in [3.8, 4) is 17.2 Å². The third-order valence-corrected chi connectivity index (χ3v) is 3.86. The van der Waals surface area contributed by atoms with Gasteiger partial charge in [0.1, 0.15) is 11.4 Å². The summed E-state index contributed by atoms with van der Waals surface area (Å²) < 4.78 is 16.4. The Morgan fingerprint density at radius 3 is 2.36 bits per heavy atom. The fourth-order valence-electron chi connectivity index (χ4n) is 1.87. The number of pyridine rings is 1. The smallest absolute Gasteiger partial charge is 0.257 e. The van der Waals surface area contributed by atoms with E-state index in [9.17, 15) is 4.79 Å². The van der Waals surface area contributed by atoms with Crippen LogP contribution in [0.25, 0.3) is 0 Å². The van der Waals surface area contributed by atoms with E-state index in [4.69, 9.17) is 14.2 Å². The maximum Gasteiger partial charge on any atom is 0.257 e. The summed E-state index contributed by atoms with van der Waals surface area (Å²) in [5.41, 5.74) is 0.977. The maximum atomic E-state index is 12.5. The van der Waals surface area contributed by atoms with E-state index in [-0.39, 0.29) is 5.91 Å². The second-order valence-electron chi connectivity index (χ2n) is 4.22. The van der Waals surface area contributed by atoms with Crippen molar-refractivity contribution in [3.63, 3.8) is 0 Å². The van der Waals surface area contributed by atoms with Gasteiger partial charge >= 0.3 is 0 Å². The van der Waals surface area contributed by atoms with Gasteiger partial charge in [-0.15, -0.1) is 0 Å². The molecule has 1 aromatic heterocycles. The molecule has 116 valence electrons. The topological polar surface area (TPSA) is 69.7 Å². The Labute approximate surface area is 141 Å². The molecular weight excluding hydrogens is 399 g/mol. The lowest BCUT2D eigenvalue weighted by atomic mass is 10.2. The molecule has 0 unspecified atom stereocenters. The molecule has 1 amide bonds. The molecule has 0 aliphatic rings. The van der Waals surface area contributed by atoms with E-state index in [1.165, 1.54) is 20.4 Å². The SMILES string of the molecule is COc1ccncc1NC(=O)c1cc(OC)c(OC)cc1I. The van der Waals surface area contributed by atoms with E-state index in [1.54, 1.807) is 31.5 Å². The van der Waals surface area contributed by atoms with Gasteiger partial charge < -0.3 is 19.5 Å². The highest BCUT2D eigenvalue weighted by Crippen LogP contribution is 2.32. The van der Waals surface area contributed by atoms with Gasteiger partial charge in [0.15, 0.2) is 11.5 Å². The molecule has 0 atom stereocenters. The molecule has 7 heteroatoms. The molecule has 1 aromatic carbocycles. The van der Waals surface area contributed by atoms with Crippen molar-refractivity contribution in [1.29, 1.82) is 0 Å². The molecule has 6 nitrogen and oxygen atoms in total. The standard InChI is InChI=1S/C15H15IN2O4/c1-20-12-4-5-17-8-11(12)18-15(19)9-6-13(21-2)14(22-3)7-10(9)16/h4-8H,1-3H3,(H,18,19). The van der Waals surface area contributed by atoms with E-state index in [0.29, 0.717) is 28.5 Å². The summed E-state index contributed by atoms with van der Waals surface area (Å²) in [5, 5.41) is 2.78. The van der Waals surface area contributed by atoms with Crippen LogP contribution in [-0.4, -0.2) is 32.2 Å². The molecule has 2 rings (SSSR count). The van der Waals surface area contributed by atoms with Gasteiger partial charge in [-0.25, -0.2) is 0 Å². The Kier molecular flexibility index (Phi) is 5.42. The van der Waals surface area contributed by atoms with Crippen LogP contribution < -0.4 is 19.5 Å². The van der Waals surface area contributed by atoms with Crippen molar-refractivity contribution in [2.45, 2.75) is 0 Å². The summed E-state index contributed by atoms with van der Waals surface area (Å²) >= 11 is 2.08. The lowest BCUT2D eigenvalue weighted by Crippen LogP contribution is -2.14. The minimum atomic E-state index is -0.281. The third kappa shape index (κ3) is 3.41. The lowest BCUT2D eigenvalue weighted by molar-refractivity contribution is 0.102. The zero-order valence-corrected chi connectivity index (χ0v) is 14.5. The molecule has 0 bridgehead atoms. The fourth-order valence-corrected chi connectivity index (χ4v) is 2.55. The van der Waals surface area contributed by atoms with Crippen molar-refractivity contribution in [2.24, 2.45) is 0 Å². The van der Waals surface area contributed by atoms with Crippen LogP contribution in [0.4, 0.5) is 5.69 Å². The number of anilines is 1. The number of hydrogen-bond donors (Lipinski definition) is 1. The lowest BCUT2D eigenvalue weighted by Gasteiger charge is -2.13. The molecule has 0 aliphatic heterocycles. The molecule has 0 aliphatic carbocycles. The highest BCUT2D eigenvalue weighted by atomic mass is 127. The summed E-state index contributed by atoms with van der Waals surface area (Å²) in [4.78, 5) is 16.5. The van der Waals surface area contributed by atoms with Crippen LogP contribution in [0.5, 0.6) is 17.2 Å². The number of ether oxygens (including phenoxy) is 3. The van der Waals surface area contributed by atoms with Crippen LogP contribution in [0.3, 0.4) is 0 Å². The highest BCUT2D eigenvalue weighted by Gasteiger charge is 2.17. The number of amides is 1. The normalized spacial score (nSPS) is 10.0. The van der Waals surface area contributed by atoms with Gasteiger partial charge in [-0.2, -0.15) is 0 Å². The van der Waals surface area contributed by atoms with Gasteiger partial charge in [0.25, 0.3) is 5.91 Å². The molecular formula is C15H15IN2O4. The number of benzene rings is 1. The van der Waals surface area contributed by atoms with Gasteiger partial charge in [0, 0.05) is 15.8 Å². The monoisotopic (exact) mass is 414 g/mol. The quantitative estimate of drug-likeness (QED) is 0.763. The Bertz CT molecular complexity index is 691. The summed E-state index contributed by atoms with van der Waals surface area (Å²) in [6, 6.07) is 5.06. The maximum absolute atomic E-state index is 12.5. The zero-order chi connectivity index (χ0) is 16.1. The minimum Gasteiger partial charge on any atom is -0.494 e. The van der Waals surface area contributed by atoms with Crippen LogP contribution in [0, 0.1) is 3.57 Å². The molecule has 1 heterocycles. The number of methoxy groups -OCH3 is 3. The van der Waals surface area contributed by atoms with Crippen LogP contribution in [0.2, 0.25) is 0 Å². The molecule has 0 radical (unpaired) electrons. The Morgan fingerprint density at radius 1 is 1.09 bits per heavy atom. The molecule has 0 saturated carbocycles. The summed E-state index contributed by atoms with van der Waals surface area (Å²) in [6.45, 7) is 0. The zero-order valence-electron chi connectivity index (χ0n) is 12.3. The minimum absolute atomic E-state index is 0.281. The largest absolute Gasteiger partial charge is 0.494 e. The van der Waals surface area contributed by atoms with E-state index >= 15 is 0 Å². The Balaban J connectivity index is 2.33. The summed E-state index contributed by atoms with van der Waals surface area (Å²) in [5.74, 6) is 1.32. The summed E-state index contributed by atoms with van der Waals surface area (Å²) in [7, 11) is 4.61. The van der Waals surface area contributed by atoms with Gasteiger partial charge in [-0.1, -0.05) is 0 Å². The van der Waals surface area contributed by atoms with Gasteiger partial charge in [-0.05, 0) is 34.7 Å². The predicted molar refractivity (Wildman–Crippen MR) is 91.0 cm³/mol. The van der Waals surface area contributed by atoms with Crippen LogP contribution in [0.1, 0.15) is 10.4 Å².